The zero-order chi connectivity index (χ0) is 20.0. The molecular formula is C24H33NO2. The first-order chi connectivity index (χ1) is 12.7. The molecule has 0 spiro atoms. The number of rotatable bonds is 8. The summed E-state index contributed by atoms with van der Waals surface area (Å²) in [6, 6.07) is 18.1. The fourth-order valence-electron chi connectivity index (χ4n) is 2.97. The van der Waals surface area contributed by atoms with Gasteiger partial charge >= 0.3 is 0 Å². The lowest BCUT2D eigenvalue weighted by molar-refractivity contribution is -0.128. The molecule has 3 nitrogen and oxygen atoms in total. The second-order valence-corrected chi connectivity index (χ2v) is 8.48. The van der Waals surface area contributed by atoms with Gasteiger partial charge in [-0.1, -0.05) is 56.3 Å². The summed E-state index contributed by atoms with van der Waals surface area (Å²) in [5, 5.41) is 0. The molecule has 3 heteroatoms. The van der Waals surface area contributed by atoms with Gasteiger partial charge < -0.3 is 4.74 Å². The highest BCUT2D eigenvalue weighted by molar-refractivity contribution is 5.86. The summed E-state index contributed by atoms with van der Waals surface area (Å²) in [5.41, 5.74) is 2.24. The molecule has 2 aromatic carbocycles. The van der Waals surface area contributed by atoms with Crippen LogP contribution in [-0.2, 0) is 17.8 Å². The van der Waals surface area contributed by atoms with Crippen LogP contribution in [0.15, 0.2) is 54.6 Å². The summed E-state index contributed by atoms with van der Waals surface area (Å²) >= 11 is 0. The maximum Gasteiger partial charge on any atom is 0.152 e. The van der Waals surface area contributed by atoms with Crippen molar-refractivity contribution in [2.24, 2.45) is 5.92 Å². The minimum Gasteiger partial charge on any atom is -0.489 e. The van der Waals surface area contributed by atoms with Crippen LogP contribution in [0, 0.1) is 5.92 Å². The van der Waals surface area contributed by atoms with Gasteiger partial charge in [0.25, 0.3) is 0 Å². The molecule has 1 atom stereocenters. The summed E-state index contributed by atoms with van der Waals surface area (Å²) in [6.07, 6.45) is 0.712. The van der Waals surface area contributed by atoms with Gasteiger partial charge in [-0.2, -0.15) is 0 Å². The molecule has 0 aliphatic heterocycles. The Balaban J connectivity index is 2.06. The number of hydrogen-bond donors (Lipinski definition) is 0. The number of Topliss-reactive ketones (excluding diaryl/α,β-unsaturated/α-hetero) is 1. The minimum absolute atomic E-state index is 0.0216. The van der Waals surface area contributed by atoms with Crippen LogP contribution in [0.25, 0.3) is 0 Å². The van der Waals surface area contributed by atoms with E-state index < -0.39 is 0 Å². The molecule has 0 aliphatic carbocycles. The van der Waals surface area contributed by atoms with Gasteiger partial charge in [-0.3, -0.25) is 9.69 Å². The number of hydrogen-bond acceptors (Lipinski definition) is 3. The zero-order valence-corrected chi connectivity index (χ0v) is 17.5. The highest BCUT2D eigenvalue weighted by Crippen LogP contribution is 2.22. The van der Waals surface area contributed by atoms with Crippen molar-refractivity contribution in [3.63, 3.8) is 0 Å². The minimum atomic E-state index is -0.124. The molecule has 0 aliphatic rings. The molecule has 0 N–H and O–H groups in total. The number of likely N-dealkylation sites (N-methyl/N-ethyl adjacent to an activating group) is 1. The van der Waals surface area contributed by atoms with Crippen LogP contribution >= 0.6 is 0 Å². The zero-order valence-electron chi connectivity index (χ0n) is 17.5. The lowest BCUT2D eigenvalue weighted by Crippen LogP contribution is -2.51. The monoisotopic (exact) mass is 367 g/mol. The quantitative estimate of drug-likeness (QED) is 0.647. The number of benzene rings is 2. The van der Waals surface area contributed by atoms with Crippen LogP contribution in [0.2, 0.25) is 0 Å². The van der Waals surface area contributed by atoms with E-state index in [2.05, 4.69) is 49.9 Å². The van der Waals surface area contributed by atoms with Crippen LogP contribution < -0.4 is 4.74 Å². The summed E-state index contributed by atoms with van der Waals surface area (Å²) in [4.78, 5) is 15.0. The van der Waals surface area contributed by atoms with Gasteiger partial charge in [0.05, 0.1) is 6.04 Å². The smallest absolute Gasteiger partial charge is 0.152 e. The largest absolute Gasteiger partial charge is 0.489 e. The number of nitrogens with zero attached hydrogens (tertiary/aromatic N) is 1. The van der Waals surface area contributed by atoms with E-state index in [1.165, 1.54) is 0 Å². The molecule has 0 heterocycles. The van der Waals surface area contributed by atoms with Gasteiger partial charge in [0.1, 0.15) is 12.4 Å². The highest BCUT2D eigenvalue weighted by Gasteiger charge is 2.31. The van der Waals surface area contributed by atoms with E-state index in [1.54, 1.807) is 0 Å². The van der Waals surface area contributed by atoms with Gasteiger partial charge in [-0.05, 0) is 57.5 Å². The Morgan fingerprint density at radius 1 is 0.963 bits per heavy atom. The van der Waals surface area contributed by atoms with Gasteiger partial charge in [0, 0.05) is 11.5 Å². The molecule has 0 aromatic heterocycles. The molecule has 2 rings (SSSR count). The maximum absolute atomic E-state index is 12.8. The first-order valence-corrected chi connectivity index (χ1v) is 9.71. The van der Waals surface area contributed by atoms with E-state index in [1.807, 2.05) is 51.2 Å². The fourth-order valence-corrected chi connectivity index (χ4v) is 2.97. The van der Waals surface area contributed by atoms with Crippen molar-refractivity contribution in [1.82, 2.24) is 4.90 Å². The molecule has 27 heavy (non-hydrogen) atoms. The SMILES string of the molecule is CC(C)C(=O)C(Cc1ccc(OCc2ccccc2)cc1)N(C)C(C)(C)C. The Labute approximate surface area is 164 Å². The van der Waals surface area contributed by atoms with Crippen molar-refractivity contribution in [2.75, 3.05) is 7.05 Å². The lowest BCUT2D eigenvalue weighted by Gasteiger charge is -2.38. The molecule has 0 bridgehead atoms. The van der Waals surface area contributed by atoms with E-state index in [-0.39, 0.29) is 23.3 Å². The van der Waals surface area contributed by atoms with Crippen LogP contribution in [-0.4, -0.2) is 29.3 Å². The second kappa shape index (κ2) is 9.18. The van der Waals surface area contributed by atoms with Gasteiger partial charge in [0.15, 0.2) is 5.78 Å². The Morgan fingerprint density at radius 2 is 1.56 bits per heavy atom. The van der Waals surface area contributed by atoms with Crippen molar-refractivity contribution in [1.29, 1.82) is 0 Å². The van der Waals surface area contributed by atoms with E-state index in [4.69, 9.17) is 4.74 Å². The van der Waals surface area contributed by atoms with Crippen LogP contribution in [0.5, 0.6) is 5.75 Å². The third kappa shape index (κ3) is 6.21. The molecule has 1 unspecified atom stereocenters. The molecule has 0 saturated heterocycles. The van der Waals surface area contributed by atoms with Gasteiger partial charge in [-0.25, -0.2) is 0 Å². The van der Waals surface area contributed by atoms with E-state index in [0.717, 1.165) is 16.9 Å². The molecule has 0 radical (unpaired) electrons. The first kappa shape index (κ1) is 21.2. The predicted octanol–water partition coefficient (Wildman–Crippen LogP) is 5.13. The Kier molecular flexibility index (Phi) is 7.20. The number of carbonyl (C=O) groups is 1. The number of carbonyl (C=O) groups excluding carboxylic acids is 1. The Bertz CT molecular complexity index is 714. The molecular weight excluding hydrogens is 334 g/mol. The first-order valence-electron chi connectivity index (χ1n) is 9.71. The average Bonchev–Trinajstić information content (AvgIpc) is 2.64. The fraction of sp³-hybridized carbons (Fsp3) is 0.458. The van der Waals surface area contributed by atoms with E-state index in [9.17, 15) is 4.79 Å². The standard InChI is InChI=1S/C24H33NO2/c1-18(2)23(26)22(25(6)24(3,4)5)16-19-12-14-21(15-13-19)27-17-20-10-8-7-9-11-20/h7-15,18,22H,16-17H2,1-6H3. The third-order valence-corrected chi connectivity index (χ3v) is 5.02. The number of ketones is 1. The van der Waals surface area contributed by atoms with Crippen molar-refractivity contribution < 1.29 is 9.53 Å². The van der Waals surface area contributed by atoms with Gasteiger partial charge in [0.2, 0.25) is 0 Å². The number of ether oxygens (including phenoxy) is 1. The summed E-state index contributed by atoms with van der Waals surface area (Å²) < 4.78 is 5.86. The van der Waals surface area contributed by atoms with Crippen molar-refractivity contribution >= 4 is 5.78 Å². The highest BCUT2D eigenvalue weighted by atomic mass is 16.5. The second-order valence-electron chi connectivity index (χ2n) is 8.48. The molecule has 146 valence electrons. The Morgan fingerprint density at radius 3 is 2.07 bits per heavy atom. The molecule has 0 amide bonds. The topological polar surface area (TPSA) is 29.5 Å². The maximum atomic E-state index is 12.8. The van der Waals surface area contributed by atoms with Crippen molar-refractivity contribution in [2.45, 2.75) is 59.2 Å². The summed E-state index contributed by atoms with van der Waals surface area (Å²) in [7, 11) is 2.04. The third-order valence-electron chi connectivity index (χ3n) is 5.02. The Hall–Kier alpha value is -2.13. The average molecular weight is 368 g/mol. The van der Waals surface area contributed by atoms with Crippen LogP contribution in [0.3, 0.4) is 0 Å². The molecule has 0 fully saturated rings. The summed E-state index contributed by atoms with van der Waals surface area (Å²) in [6.45, 7) is 11.0. The van der Waals surface area contributed by atoms with E-state index >= 15 is 0 Å². The summed E-state index contributed by atoms with van der Waals surface area (Å²) in [5.74, 6) is 1.16. The molecule has 2 aromatic rings. The molecule has 0 saturated carbocycles. The van der Waals surface area contributed by atoms with Crippen molar-refractivity contribution in [3.05, 3.63) is 65.7 Å². The van der Waals surface area contributed by atoms with E-state index in [0.29, 0.717) is 13.0 Å². The normalized spacial score (nSPS) is 13.0. The lowest BCUT2D eigenvalue weighted by atomic mass is 9.91. The van der Waals surface area contributed by atoms with Gasteiger partial charge in [-0.15, -0.1) is 0 Å². The van der Waals surface area contributed by atoms with Crippen LogP contribution in [0.4, 0.5) is 0 Å². The van der Waals surface area contributed by atoms with Crippen molar-refractivity contribution in [3.8, 4) is 5.75 Å². The van der Waals surface area contributed by atoms with Crippen LogP contribution in [0.1, 0.15) is 45.7 Å². The predicted molar refractivity (Wildman–Crippen MR) is 112 cm³/mol.